The third-order valence-corrected chi connectivity index (χ3v) is 6.97. The van der Waals surface area contributed by atoms with Crippen LogP contribution in [-0.2, 0) is 4.79 Å². The van der Waals surface area contributed by atoms with Gasteiger partial charge in [0.15, 0.2) is 5.78 Å². The number of carbonyl (C=O) groups excluding carboxylic acids is 1. The zero-order valence-corrected chi connectivity index (χ0v) is 18.2. The number of thiophene rings is 1. The van der Waals surface area contributed by atoms with Gasteiger partial charge in [0.1, 0.15) is 5.82 Å². The van der Waals surface area contributed by atoms with Gasteiger partial charge in [0.25, 0.3) is 0 Å². The number of allylic oxidation sites excluding steroid dienone is 3. The first-order valence-electron chi connectivity index (χ1n) is 9.49. The number of hydrogen-bond donors (Lipinski definition) is 1. The van der Waals surface area contributed by atoms with E-state index in [1.807, 2.05) is 35.4 Å². The second kappa shape index (κ2) is 7.05. The van der Waals surface area contributed by atoms with E-state index >= 15 is 0 Å². The number of rotatable bonds is 2. The van der Waals surface area contributed by atoms with Gasteiger partial charge in [-0.05, 0) is 60.0 Å². The fraction of sp³-hybridized carbons (Fsp3) is 0.304. The Morgan fingerprint density at radius 2 is 1.93 bits per heavy atom. The maximum atomic E-state index is 13.4. The quantitative estimate of drug-likeness (QED) is 0.677. The van der Waals surface area contributed by atoms with Crippen molar-refractivity contribution in [3.63, 3.8) is 0 Å². The van der Waals surface area contributed by atoms with Gasteiger partial charge in [-0.15, -0.1) is 11.3 Å². The van der Waals surface area contributed by atoms with Crippen molar-refractivity contribution in [3.8, 4) is 6.07 Å². The summed E-state index contributed by atoms with van der Waals surface area (Å²) in [7, 11) is 0. The molecule has 1 aromatic carbocycles. The van der Waals surface area contributed by atoms with E-state index < -0.39 is 5.92 Å². The summed E-state index contributed by atoms with van der Waals surface area (Å²) in [5.41, 5.74) is 10.3. The third-order valence-electron chi connectivity index (χ3n) is 5.63. The summed E-state index contributed by atoms with van der Waals surface area (Å²) in [6.07, 6.45) is 1.16. The van der Waals surface area contributed by atoms with E-state index in [-0.39, 0.29) is 11.2 Å². The van der Waals surface area contributed by atoms with Crippen molar-refractivity contribution < 1.29 is 4.79 Å². The summed E-state index contributed by atoms with van der Waals surface area (Å²) < 4.78 is 0. The van der Waals surface area contributed by atoms with Crippen LogP contribution in [0, 0.1) is 23.7 Å². The highest BCUT2D eigenvalue weighted by atomic mass is 35.5. The minimum atomic E-state index is -0.401. The minimum absolute atomic E-state index is 0.0910. The number of ketones is 1. The molecule has 2 aliphatic rings. The lowest BCUT2D eigenvalue weighted by Gasteiger charge is -2.43. The van der Waals surface area contributed by atoms with Gasteiger partial charge >= 0.3 is 0 Å². The van der Waals surface area contributed by atoms with Gasteiger partial charge < -0.3 is 5.73 Å². The highest BCUT2D eigenvalue weighted by molar-refractivity contribution is 7.10. The summed E-state index contributed by atoms with van der Waals surface area (Å²) in [6.45, 7) is 6.21. The summed E-state index contributed by atoms with van der Waals surface area (Å²) in [4.78, 5) is 16.3. The molecule has 1 atom stereocenters. The number of hydrogen-bond acceptors (Lipinski definition) is 5. The molecule has 4 rings (SSSR count). The summed E-state index contributed by atoms with van der Waals surface area (Å²) in [5, 5.41) is 12.7. The molecule has 0 fully saturated rings. The Morgan fingerprint density at radius 3 is 2.52 bits per heavy atom. The number of aryl methyl sites for hydroxylation is 1. The van der Waals surface area contributed by atoms with Crippen LogP contribution in [0.2, 0.25) is 5.02 Å². The van der Waals surface area contributed by atoms with E-state index in [4.69, 9.17) is 17.3 Å². The Labute approximate surface area is 179 Å². The van der Waals surface area contributed by atoms with E-state index in [0.29, 0.717) is 34.8 Å². The maximum Gasteiger partial charge on any atom is 0.162 e. The molecule has 6 heteroatoms. The molecule has 29 heavy (non-hydrogen) atoms. The van der Waals surface area contributed by atoms with Gasteiger partial charge in [0.2, 0.25) is 0 Å². The number of nitriles is 1. The van der Waals surface area contributed by atoms with Crippen LogP contribution in [-0.4, -0.2) is 5.78 Å². The van der Waals surface area contributed by atoms with Crippen LogP contribution in [0.3, 0.4) is 0 Å². The molecule has 1 unspecified atom stereocenters. The Hall–Kier alpha value is -2.55. The molecule has 2 N–H and O–H groups in total. The Kier molecular flexibility index (Phi) is 4.80. The monoisotopic (exact) mass is 423 g/mol. The second-order valence-electron chi connectivity index (χ2n) is 8.42. The maximum absolute atomic E-state index is 13.4. The van der Waals surface area contributed by atoms with Crippen molar-refractivity contribution in [2.75, 3.05) is 4.90 Å². The average Bonchev–Trinajstić information content (AvgIpc) is 3.06. The molecule has 1 aliphatic carbocycles. The molecule has 0 saturated heterocycles. The summed E-state index contributed by atoms with van der Waals surface area (Å²) >= 11 is 7.65. The predicted molar refractivity (Wildman–Crippen MR) is 118 cm³/mol. The fourth-order valence-corrected chi connectivity index (χ4v) is 5.51. The highest BCUT2D eigenvalue weighted by Gasteiger charge is 2.45. The molecule has 0 bridgehead atoms. The SMILES string of the molecule is Cc1ccsc1C1C(C#N)=C(N)N(c2ccc(Cl)cc2)C2=C1C(=O)CC(C)(C)C2. The van der Waals surface area contributed by atoms with Gasteiger partial charge in [0, 0.05) is 33.3 Å². The molecule has 4 nitrogen and oxygen atoms in total. The Balaban J connectivity index is 2.00. The standard InChI is InChI=1S/C23H22ClN3OS/c1-13-8-9-29-21(13)19-16(12-25)22(26)27(15-6-4-14(24)5-7-15)17-10-23(2,3)11-18(28)20(17)19/h4-9,19H,10-11,26H2,1-3H3. The normalized spacial score (nSPS) is 21.3. The first kappa shape index (κ1) is 19.8. The van der Waals surface area contributed by atoms with E-state index in [1.165, 1.54) is 0 Å². The number of benzene rings is 1. The summed E-state index contributed by atoms with van der Waals surface area (Å²) in [6, 6.07) is 11.7. The lowest BCUT2D eigenvalue weighted by atomic mass is 9.69. The number of halogens is 1. The lowest BCUT2D eigenvalue weighted by molar-refractivity contribution is -0.118. The van der Waals surface area contributed by atoms with Crippen LogP contribution in [0.15, 0.2) is 58.4 Å². The topological polar surface area (TPSA) is 70.1 Å². The van der Waals surface area contributed by atoms with Gasteiger partial charge in [-0.2, -0.15) is 5.26 Å². The number of nitrogens with zero attached hydrogens (tertiary/aromatic N) is 2. The minimum Gasteiger partial charge on any atom is -0.384 e. The van der Waals surface area contributed by atoms with Crippen LogP contribution < -0.4 is 10.6 Å². The van der Waals surface area contributed by atoms with Gasteiger partial charge in [0.05, 0.1) is 17.6 Å². The average molecular weight is 424 g/mol. The molecule has 0 spiro atoms. The first-order valence-corrected chi connectivity index (χ1v) is 10.7. The molecule has 2 aromatic rings. The van der Waals surface area contributed by atoms with Crippen LogP contribution in [0.4, 0.5) is 5.69 Å². The second-order valence-corrected chi connectivity index (χ2v) is 9.81. The Bertz CT molecular complexity index is 1100. The smallest absolute Gasteiger partial charge is 0.162 e. The fourth-order valence-electron chi connectivity index (χ4n) is 4.34. The Morgan fingerprint density at radius 1 is 1.24 bits per heavy atom. The van der Waals surface area contributed by atoms with Crippen molar-refractivity contribution in [3.05, 3.63) is 73.8 Å². The van der Waals surface area contributed by atoms with Crippen LogP contribution in [0.1, 0.15) is 43.0 Å². The van der Waals surface area contributed by atoms with Crippen molar-refractivity contribution in [1.82, 2.24) is 0 Å². The van der Waals surface area contributed by atoms with E-state index in [9.17, 15) is 10.1 Å². The number of nitrogens with two attached hydrogens (primary N) is 1. The van der Waals surface area contributed by atoms with Crippen molar-refractivity contribution in [2.45, 2.75) is 39.5 Å². The lowest BCUT2D eigenvalue weighted by Crippen LogP contribution is -2.42. The van der Waals surface area contributed by atoms with Gasteiger partial charge in [-0.25, -0.2) is 0 Å². The van der Waals surface area contributed by atoms with E-state index in [0.717, 1.165) is 21.8 Å². The molecule has 2 heterocycles. The van der Waals surface area contributed by atoms with E-state index in [2.05, 4.69) is 19.9 Å². The van der Waals surface area contributed by atoms with Crippen LogP contribution in [0.25, 0.3) is 0 Å². The third kappa shape index (κ3) is 3.27. The molecular weight excluding hydrogens is 402 g/mol. The molecule has 148 valence electrons. The molecule has 1 aromatic heterocycles. The van der Waals surface area contributed by atoms with Gasteiger partial charge in [-0.1, -0.05) is 25.4 Å². The zero-order chi connectivity index (χ0) is 20.9. The molecule has 0 saturated carbocycles. The molecule has 0 amide bonds. The summed E-state index contributed by atoms with van der Waals surface area (Å²) in [5.74, 6) is 0.0762. The van der Waals surface area contributed by atoms with Crippen molar-refractivity contribution in [1.29, 1.82) is 5.26 Å². The molecule has 0 radical (unpaired) electrons. The van der Waals surface area contributed by atoms with Gasteiger partial charge in [-0.3, -0.25) is 9.69 Å². The van der Waals surface area contributed by atoms with E-state index in [1.54, 1.807) is 23.5 Å². The van der Waals surface area contributed by atoms with Crippen molar-refractivity contribution in [2.24, 2.45) is 11.1 Å². The number of carbonyl (C=O) groups is 1. The van der Waals surface area contributed by atoms with Crippen LogP contribution in [0.5, 0.6) is 0 Å². The first-order chi connectivity index (χ1) is 13.7. The predicted octanol–water partition coefficient (Wildman–Crippen LogP) is 5.65. The zero-order valence-electron chi connectivity index (χ0n) is 16.6. The number of Topliss-reactive ketones (excluding diaryl/α,β-unsaturated/α-hetero) is 1. The van der Waals surface area contributed by atoms with Crippen molar-refractivity contribution >= 4 is 34.4 Å². The highest BCUT2D eigenvalue weighted by Crippen LogP contribution is 2.51. The van der Waals surface area contributed by atoms with Crippen LogP contribution >= 0.6 is 22.9 Å². The number of anilines is 1. The largest absolute Gasteiger partial charge is 0.384 e. The molecular formula is C23H22ClN3OS. The molecule has 1 aliphatic heterocycles.